The monoisotopic (exact) mass is 453 g/mol. The van der Waals surface area contributed by atoms with Gasteiger partial charge >= 0.3 is 0 Å². The van der Waals surface area contributed by atoms with Crippen molar-refractivity contribution in [1.29, 1.82) is 5.41 Å². The number of aliphatic hydroxyl groups is 1. The largest absolute Gasteiger partial charge is 0.509 e. The summed E-state index contributed by atoms with van der Waals surface area (Å²) in [6.45, 7) is 3.27. The van der Waals surface area contributed by atoms with Crippen molar-refractivity contribution in [2.45, 2.75) is 11.8 Å². The highest BCUT2D eigenvalue weighted by atomic mass is 32.2. The number of benzene rings is 2. The number of anilines is 1. The average Bonchev–Trinajstić information content (AvgIpc) is 3.34. The summed E-state index contributed by atoms with van der Waals surface area (Å²) in [6, 6.07) is 12.4. The molecule has 2 aliphatic rings. The second-order valence-corrected chi connectivity index (χ2v) is 9.76. The number of nitrogens with one attached hydrogen (secondary N) is 2. The van der Waals surface area contributed by atoms with Gasteiger partial charge in [0, 0.05) is 18.8 Å². The fourth-order valence-electron chi connectivity index (χ4n) is 4.08. The van der Waals surface area contributed by atoms with Gasteiger partial charge in [-0.1, -0.05) is 18.2 Å². The van der Waals surface area contributed by atoms with Crippen LogP contribution in [0.5, 0.6) is 0 Å². The summed E-state index contributed by atoms with van der Waals surface area (Å²) in [5, 5.41) is 19.4. The summed E-state index contributed by atoms with van der Waals surface area (Å²) >= 11 is 0. The lowest BCUT2D eigenvalue weighted by Crippen LogP contribution is -2.40. The van der Waals surface area contributed by atoms with Gasteiger partial charge in [0.1, 0.15) is 17.4 Å². The Morgan fingerprint density at radius 3 is 2.66 bits per heavy atom. The molecule has 0 spiro atoms. The molecule has 3 heterocycles. The predicted molar refractivity (Wildman–Crippen MR) is 121 cm³/mol. The summed E-state index contributed by atoms with van der Waals surface area (Å²) in [6.07, 6.45) is 0. The molecule has 2 aromatic carbocycles. The third kappa shape index (κ3) is 3.36. The number of sulfonamides is 1. The number of rotatable bonds is 4. The van der Waals surface area contributed by atoms with Crippen LogP contribution in [-0.4, -0.2) is 66.5 Å². The van der Waals surface area contributed by atoms with Crippen LogP contribution in [0.1, 0.15) is 11.4 Å². The van der Waals surface area contributed by atoms with E-state index in [2.05, 4.69) is 9.97 Å². The van der Waals surface area contributed by atoms with Gasteiger partial charge in [-0.2, -0.15) is 4.31 Å². The molecule has 0 saturated carbocycles. The lowest BCUT2D eigenvalue weighted by Gasteiger charge is -2.27. The minimum absolute atomic E-state index is 0.00916. The molecule has 3 N–H and O–H groups in total. The molecule has 9 nitrogen and oxygen atoms in total. The summed E-state index contributed by atoms with van der Waals surface area (Å²) in [7, 11) is -3.68. The van der Waals surface area contributed by atoms with E-state index in [0.29, 0.717) is 43.4 Å². The first-order chi connectivity index (χ1) is 15.4. The van der Waals surface area contributed by atoms with E-state index in [4.69, 9.17) is 10.1 Å². The SMILES string of the molecule is Cc1ccc(S(=O)(=O)N2CCOCC2)cc1N1CC(O)=C(c2nc3ccccc3[nH]2)C1=N. The number of para-hydroxylation sites is 2. The molecule has 0 amide bonds. The number of aryl methyl sites for hydroxylation is 1. The number of ether oxygens (including phenoxy) is 1. The third-order valence-corrected chi connectivity index (χ3v) is 7.70. The van der Waals surface area contributed by atoms with Gasteiger partial charge in [-0.15, -0.1) is 0 Å². The van der Waals surface area contributed by atoms with Crippen LogP contribution in [-0.2, 0) is 14.8 Å². The lowest BCUT2D eigenvalue weighted by atomic mass is 10.1. The zero-order valence-electron chi connectivity index (χ0n) is 17.5. The Morgan fingerprint density at radius 1 is 1.16 bits per heavy atom. The number of hydrogen-bond donors (Lipinski definition) is 3. The molecule has 5 rings (SSSR count). The van der Waals surface area contributed by atoms with Crippen molar-refractivity contribution in [3.05, 3.63) is 59.6 Å². The summed E-state index contributed by atoms with van der Waals surface area (Å²) in [5.74, 6) is 0.478. The van der Waals surface area contributed by atoms with Crippen LogP contribution in [0.4, 0.5) is 5.69 Å². The minimum Gasteiger partial charge on any atom is -0.509 e. The standard InChI is InChI=1S/C22H23N5O4S/c1-14-6-7-15(32(29,30)26-8-10-31-11-9-26)12-18(14)27-13-19(28)20(21(27)23)22-24-16-4-2-3-5-17(16)25-22/h2-7,12,23,28H,8-11,13H2,1H3,(H,24,25). The number of aromatic nitrogens is 2. The Labute approximate surface area is 185 Å². The molecule has 1 fully saturated rings. The van der Waals surface area contributed by atoms with Crippen LogP contribution >= 0.6 is 0 Å². The molecule has 0 radical (unpaired) electrons. The molecule has 2 aliphatic heterocycles. The summed E-state index contributed by atoms with van der Waals surface area (Å²) in [5.41, 5.74) is 3.21. The Hall–Kier alpha value is -3.21. The van der Waals surface area contributed by atoms with Gasteiger partial charge in [0.15, 0.2) is 0 Å². The maximum Gasteiger partial charge on any atom is 0.243 e. The van der Waals surface area contributed by atoms with Gasteiger partial charge in [0.25, 0.3) is 0 Å². The lowest BCUT2D eigenvalue weighted by molar-refractivity contribution is 0.0730. The second kappa shape index (κ2) is 7.73. The van der Waals surface area contributed by atoms with Gasteiger partial charge in [-0.05, 0) is 36.8 Å². The molecule has 0 atom stereocenters. The number of imidazole rings is 1. The first kappa shape index (κ1) is 20.7. The van der Waals surface area contributed by atoms with Crippen LogP contribution in [0.15, 0.2) is 53.1 Å². The van der Waals surface area contributed by atoms with E-state index in [1.165, 1.54) is 4.31 Å². The van der Waals surface area contributed by atoms with E-state index in [0.717, 1.165) is 16.6 Å². The average molecular weight is 454 g/mol. The summed E-state index contributed by atoms with van der Waals surface area (Å²) in [4.78, 5) is 9.42. The third-order valence-electron chi connectivity index (χ3n) is 5.81. The van der Waals surface area contributed by atoms with E-state index in [9.17, 15) is 13.5 Å². The van der Waals surface area contributed by atoms with Crippen molar-refractivity contribution in [3.8, 4) is 0 Å². The quantitative estimate of drug-likeness (QED) is 0.558. The Kier molecular flexibility index (Phi) is 5.00. The number of aromatic amines is 1. The van der Waals surface area contributed by atoms with Gasteiger partial charge in [-0.3, -0.25) is 5.41 Å². The van der Waals surface area contributed by atoms with E-state index in [1.807, 2.05) is 31.2 Å². The highest BCUT2D eigenvalue weighted by Crippen LogP contribution is 2.34. The van der Waals surface area contributed by atoms with Gasteiger partial charge in [-0.25, -0.2) is 13.4 Å². The first-order valence-corrected chi connectivity index (χ1v) is 11.7. The van der Waals surface area contributed by atoms with Crippen molar-refractivity contribution in [2.24, 2.45) is 0 Å². The molecule has 32 heavy (non-hydrogen) atoms. The smallest absolute Gasteiger partial charge is 0.243 e. The number of aliphatic hydroxyl groups excluding tert-OH is 1. The fourth-order valence-corrected chi connectivity index (χ4v) is 5.51. The molecule has 0 bridgehead atoms. The van der Waals surface area contributed by atoms with Crippen LogP contribution in [0.3, 0.4) is 0 Å². The molecular formula is C22H23N5O4S. The molecule has 0 aliphatic carbocycles. The Balaban J connectivity index is 1.49. The molecule has 1 saturated heterocycles. The topological polar surface area (TPSA) is 123 Å². The van der Waals surface area contributed by atoms with Crippen LogP contribution < -0.4 is 4.90 Å². The van der Waals surface area contributed by atoms with Crippen molar-refractivity contribution in [3.63, 3.8) is 0 Å². The first-order valence-electron chi connectivity index (χ1n) is 10.3. The molecule has 166 valence electrons. The maximum atomic E-state index is 13.1. The van der Waals surface area contributed by atoms with E-state index >= 15 is 0 Å². The van der Waals surface area contributed by atoms with Crippen molar-refractivity contribution in [2.75, 3.05) is 37.7 Å². The fraction of sp³-hybridized carbons (Fsp3) is 0.273. The van der Waals surface area contributed by atoms with Gasteiger partial charge < -0.3 is 19.7 Å². The highest BCUT2D eigenvalue weighted by molar-refractivity contribution is 7.89. The predicted octanol–water partition coefficient (Wildman–Crippen LogP) is 2.66. The number of amidine groups is 1. The Morgan fingerprint density at radius 2 is 1.91 bits per heavy atom. The number of fused-ring (bicyclic) bond motifs is 1. The van der Waals surface area contributed by atoms with Crippen molar-refractivity contribution in [1.82, 2.24) is 14.3 Å². The van der Waals surface area contributed by atoms with Gasteiger partial charge in [0.2, 0.25) is 10.0 Å². The maximum absolute atomic E-state index is 13.1. The van der Waals surface area contributed by atoms with Crippen molar-refractivity contribution >= 4 is 38.2 Å². The zero-order chi connectivity index (χ0) is 22.5. The van der Waals surface area contributed by atoms with Crippen molar-refractivity contribution < 1.29 is 18.3 Å². The van der Waals surface area contributed by atoms with E-state index in [1.54, 1.807) is 23.1 Å². The minimum atomic E-state index is -3.68. The normalized spacial score (nSPS) is 18.2. The molecule has 0 unspecified atom stereocenters. The van der Waals surface area contributed by atoms with Crippen LogP contribution in [0.2, 0.25) is 0 Å². The molecule has 10 heteroatoms. The number of nitrogens with zero attached hydrogens (tertiary/aromatic N) is 3. The molecular weight excluding hydrogens is 430 g/mol. The van der Waals surface area contributed by atoms with Crippen LogP contribution in [0, 0.1) is 12.3 Å². The van der Waals surface area contributed by atoms with E-state index < -0.39 is 10.0 Å². The molecule has 1 aromatic heterocycles. The number of H-pyrrole nitrogens is 1. The number of hydrogen-bond acceptors (Lipinski definition) is 6. The summed E-state index contributed by atoms with van der Waals surface area (Å²) < 4.78 is 32.9. The highest BCUT2D eigenvalue weighted by Gasteiger charge is 2.33. The van der Waals surface area contributed by atoms with E-state index in [-0.39, 0.29) is 23.0 Å². The zero-order valence-corrected chi connectivity index (χ0v) is 18.3. The second-order valence-electron chi connectivity index (χ2n) is 7.82. The van der Waals surface area contributed by atoms with Gasteiger partial charge in [0.05, 0.1) is 41.3 Å². The Bertz CT molecular complexity index is 1320. The molecule has 3 aromatic rings. The number of morpholine rings is 1. The van der Waals surface area contributed by atoms with Crippen LogP contribution in [0.25, 0.3) is 16.6 Å².